The minimum atomic E-state index is -0.335. The molecule has 2 aromatic rings. The minimum absolute atomic E-state index is 0.118. The summed E-state index contributed by atoms with van der Waals surface area (Å²) in [6, 6.07) is 7.05. The molecule has 3 aliphatic heterocycles. The summed E-state index contributed by atoms with van der Waals surface area (Å²) in [6.45, 7) is 9.51. The summed E-state index contributed by atoms with van der Waals surface area (Å²) in [5.74, 6) is 2.26. The highest BCUT2D eigenvalue weighted by Gasteiger charge is 2.33. The number of morpholine rings is 1. The minimum Gasteiger partial charge on any atom is -0.491 e. The zero-order valence-corrected chi connectivity index (χ0v) is 21.5. The van der Waals surface area contributed by atoms with E-state index in [0.29, 0.717) is 54.2 Å². The Morgan fingerprint density at radius 1 is 1.24 bits per heavy atom. The van der Waals surface area contributed by atoms with E-state index < -0.39 is 0 Å². The molecule has 3 N–H and O–H groups in total. The highest BCUT2D eigenvalue weighted by Crippen LogP contribution is 2.43. The van der Waals surface area contributed by atoms with Gasteiger partial charge in [-0.05, 0) is 44.5 Å². The SMILES string of the molecule is COc1c(OCCCN2CCOC(C)(C)C2)ccc2c1N=C(NC(=O)c1ccc(N)nc1)N1CCN=C21. The number of anilines is 1. The predicted molar refractivity (Wildman–Crippen MR) is 141 cm³/mol. The van der Waals surface area contributed by atoms with Crippen LogP contribution in [0.15, 0.2) is 40.4 Å². The van der Waals surface area contributed by atoms with Crippen LogP contribution >= 0.6 is 0 Å². The number of rotatable bonds is 7. The van der Waals surface area contributed by atoms with E-state index in [4.69, 9.17) is 24.9 Å². The largest absolute Gasteiger partial charge is 0.491 e. The van der Waals surface area contributed by atoms with Gasteiger partial charge >= 0.3 is 0 Å². The third kappa shape index (κ3) is 5.37. The van der Waals surface area contributed by atoms with Crippen LogP contribution in [0, 0.1) is 0 Å². The van der Waals surface area contributed by atoms with Crippen molar-refractivity contribution < 1.29 is 19.0 Å². The first kappa shape index (κ1) is 25.0. The maximum atomic E-state index is 12.9. The molecule has 1 amide bonds. The number of guanidine groups is 1. The van der Waals surface area contributed by atoms with Crippen LogP contribution in [0.5, 0.6) is 11.5 Å². The average Bonchev–Trinajstić information content (AvgIpc) is 3.37. The number of nitrogen functional groups attached to an aromatic ring is 1. The molecular weight excluding hydrogens is 474 g/mol. The van der Waals surface area contributed by atoms with E-state index >= 15 is 0 Å². The zero-order chi connectivity index (χ0) is 26.0. The molecule has 1 aromatic heterocycles. The number of nitrogens with one attached hydrogen (secondary N) is 1. The molecule has 0 saturated carbocycles. The number of ether oxygens (including phenoxy) is 3. The standard InChI is InChI=1S/C26H33N7O4/c1-26(2)16-32(12-14-37-26)10-4-13-36-19-7-6-18-21(22(19)35-3)30-25(33-11-9-28-23(18)33)31-24(34)17-5-8-20(27)29-15-17/h5-8,15H,4,9-14,16H2,1-3H3,(H2,27,29)(H,30,31,34). The number of methoxy groups -OCH3 is 1. The molecule has 3 aliphatic rings. The number of nitrogens with two attached hydrogens (primary N) is 1. The number of amides is 1. The van der Waals surface area contributed by atoms with Gasteiger partial charge in [0.05, 0.1) is 38.0 Å². The molecular formula is C26H33N7O4. The van der Waals surface area contributed by atoms with Gasteiger partial charge in [-0.15, -0.1) is 0 Å². The number of hydrogen-bond acceptors (Lipinski definition) is 10. The van der Waals surface area contributed by atoms with Gasteiger partial charge in [0.15, 0.2) is 11.5 Å². The topological polar surface area (TPSA) is 127 Å². The van der Waals surface area contributed by atoms with Crippen LogP contribution in [-0.4, -0.2) is 91.1 Å². The van der Waals surface area contributed by atoms with Crippen LogP contribution in [0.3, 0.4) is 0 Å². The molecule has 1 aromatic carbocycles. The van der Waals surface area contributed by atoms with Gasteiger partial charge in [-0.3, -0.25) is 24.9 Å². The predicted octanol–water partition coefficient (Wildman–Crippen LogP) is 2.05. The fourth-order valence-corrected chi connectivity index (χ4v) is 4.79. The molecule has 11 nitrogen and oxygen atoms in total. The lowest BCUT2D eigenvalue weighted by Gasteiger charge is -2.38. The van der Waals surface area contributed by atoms with Gasteiger partial charge in [-0.2, -0.15) is 0 Å². The Morgan fingerprint density at radius 3 is 2.86 bits per heavy atom. The van der Waals surface area contributed by atoms with Crippen LogP contribution in [0.1, 0.15) is 36.2 Å². The summed E-state index contributed by atoms with van der Waals surface area (Å²) in [5, 5.41) is 2.90. The zero-order valence-electron chi connectivity index (χ0n) is 21.5. The number of nitrogens with zero attached hydrogens (tertiary/aromatic N) is 5. The molecule has 0 bridgehead atoms. The van der Waals surface area contributed by atoms with E-state index in [1.807, 2.05) is 17.0 Å². The van der Waals surface area contributed by atoms with E-state index in [9.17, 15) is 4.79 Å². The molecule has 4 heterocycles. The van der Waals surface area contributed by atoms with Gasteiger partial charge in [0.25, 0.3) is 5.91 Å². The van der Waals surface area contributed by atoms with Crippen molar-refractivity contribution in [3.63, 3.8) is 0 Å². The lowest BCUT2D eigenvalue weighted by molar-refractivity contribution is -0.0864. The summed E-state index contributed by atoms with van der Waals surface area (Å²) >= 11 is 0. The van der Waals surface area contributed by atoms with Gasteiger partial charge in [-0.25, -0.2) is 9.98 Å². The quantitative estimate of drug-likeness (QED) is 0.545. The molecule has 5 rings (SSSR count). The van der Waals surface area contributed by atoms with Crippen molar-refractivity contribution in [3.05, 3.63) is 41.6 Å². The lowest BCUT2D eigenvalue weighted by atomic mass is 10.1. The van der Waals surface area contributed by atoms with E-state index in [2.05, 4.69) is 34.0 Å². The molecule has 0 aliphatic carbocycles. The first-order chi connectivity index (χ1) is 17.8. The van der Waals surface area contributed by atoms with E-state index in [0.717, 1.165) is 44.1 Å². The molecule has 0 unspecified atom stereocenters. The fraction of sp³-hybridized carbons (Fsp3) is 0.462. The second kappa shape index (κ2) is 10.3. The van der Waals surface area contributed by atoms with Crippen LogP contribution in [0.4, 0.5) is 11.5 Å². The summed E-state index contributed by atoms with van der Waals surface area (Å²) in [5.41, 5.74) is 7.33. The number of fused-ring (bicyclic) bond motifs is 3. The maximum Gasteiger partial charge on any atom is 0.259 e. The molecule has 1 fully saturated rings. The van der Waals surface area contributed by atoms with Crippen LogP contribution < -0.4 is 20.5 Å². The highest BCUT2D eigenvalue weighted by atomic mass is 16.5. The first-order valence-electron chi connectivity index (χ1n) is 12.5. The van der Waals surface area contributed by atoms with Gasteiger partial charge < -0.3 is 19.9 Å². The third-order valence-corrected chi connectivity index (χ3v) is 6.51. The Kier molecular flexibility index (Phi) is 6.98. The number of pyridine rings is 1. The van der Waals surface area contributed by atoms with Gasteiger partial charge in [0.1, 0.15) is 17.3 Å². The number of aromatic nitrogens is 1. The second-order valence-corrected chi connectivity index (χ2v) is 9.80. The monoisotopic (exact) mass is 507 g/mol. The number of aliphatic imine (C=N–C) groups is 2. The van der Waals surface area contributed by atoms with Crippen LogP contribution in [0.2, 0.25) is 0 Å². The van der Waals surface area contributed by atoms with Gasteiger partial charge in [-0.1, -0.05) is 0 Å². The van der Waals surface area contributed by atoms with E-state index in [-0.39, 0.29) is 11.5 Å². The normalized spacial score (nSPS) is 18.4. The molecule has 0 radical (unpaired) electrons. The summed E-state index contributed by atoms with van der Waals surface area (Å²) < 4.78 is 17.7. The van der Waals surface area contributed by atoms with Crippen molar-refractivity contribution in [2.75, 3.05) is 58.8 Å². The Hall–Kier alpha value is -3.70. The van der Waals surface area contributed by atoms with Crippen molar-refractivity contribution in [1.29, 1.82) is 0 Å². The number of carbonyl (C=O) groups is 1. The number of carbonyl (C=O) groups excluding carboxylic acids is 1. The lowest BCUT2D eigenvalue weighted by Crippen LogP contribution is -2.48. The van der Waals surface area contributed by atoms with Crippen molar-refractivity contribution in [2.24, 2.45) is 9.98 Å². The molecule has 0 spiro atoms. The van der Waals surface area contributed by atoms with Gasteiger partial charge in [0.2, 0.25) is 5.96 Å². The Bertz CT molecular complexity index is 1230. The van der Waals surface area contributed by atoms with E-state index in [1.54, 1.807) is 19.2 Å². The van der Waals surface area contributed by atoms with Crippen LogP contribution in [0.25, 0.3) is 0 Å². The van der Waals surface area contributed by atoms with Crippen molar-refractivity contribution in [2.45, 2.75) is 25.9 Å². The second-order valence-electron chi connectivity index (χ2n) is 9.80. The summed E-state index contributed by atoms with van der Waals surface area (Å²) in [7, 11) is 1.59. The highest BCUT2D eigenvalue weighted by molar-refractivity contribution is 6.20. The number of amidine groups is 1. The molecule has 0 atom stereocenters. The molecule has 11 heteroatoms. The smallest absolute Gasteiger partial charge is 0.259 e. The Labute approximate surface area is 216 Å². The first-order valence-corrected chi connectivity index (χ1v) is 12.5. The summed E-state index contributed by atoms with van der Waals surface area (Å²) in [6.07, 6.45) is 2.31. The van der Waals surface area contributed by atoms with Gasteiger partial charge in [0, 0.05) is 37.9 Å². The number of benzene rings is 1. The average molecular weight is 508 g/mol. The third-order valence-electron chi connectivity index (χ3n) is 6.51. The Balaban J connectivity index is 1.32. The van der Waals surface area contributed by atoms with Crippen molar-refractivity contribution in [3.8, 4) is 11.5 Å². The molecule has 1 saturated heterocycles. The molecule has 37 heavy (non-hydrogen) atoms. The van der Waals surface area contributed by atoms with E-state index in [1.165, 1.54) is 6.20 Å². The number of hydrogen-bond donors (Lipinski definition) is 2. The Morgan fingerprint density at radius 2 is 2.11 bits per heavy atom. The van der Waals surface area contributed by atoms with Crippen LogP contribution in [-0.2, 0) is 4.74 Å². The maximum absolute atomic E-state index is 12.9. The summed E-state index contributed by atoms with van der Waals surface area (Å²) in [4.78, 5) is 30.6. The van der Waals surface area contributed by atoms with Crippen molar-refractivity contribution >= 4 is 29.2 Å². The molecule has 196 valence electrons. The fourth-order valence-electron chi connectivity index (χ4n) is 4.79. The van der Waals surface area contributed by atoms with Crippen molar-refractivity contribution in [1.82, 2.24) is 20.1 Å².